The zero-order valence-electron chi connectivity index (χ0n) is 13.5. The molecular weight excluding hydrogens is 296 g/mol. The Morgan fingerprint density at radius 1 is 1.57 bits per heavy atom. The first-order valence-electron chi connectivity index (χ1n) is 7.98. The summed E-state index contributed by atoms with van der Waals surface area (Å²) in [5.41, 5.74) is 0. The number of morpholine rings is 1. The van der Waals surface area contributed by atoms with Crippen LogP contribution in [0.4, 0.5) is 0 Å². The van der Waals surface area contributed by atoms with Crippen LogP contribution in [0.3, 0.4) is 0 Å². The second kappa shape index (κ2) is 6.91. The van der Waals surface area contributed by atoms with Gasteiger partial charge in [-0.05, 0) is 13.3 Å². The van der Waals surface area contributed by atoms with E-state index in [9.17, 15) is 4.79 Å². The van der Waals surface area contributed by atoms with Gasteiger partial charge in [0.25, 0.3) is 0 Å². The van der Waals surface area contributed by atoms with Gasteiger partial charge in [0.15, 0.2) is 5.82 Å². The number of nitrogens with one attached hydrogen (secondary N) is 1. The van der Waals surface area contributed by atoms with Gasteiger partial charge in [-0.25, -0.2) is 9.97 Å². The molecule has 8 heteroatoms. The topological polar surface area (TPSA) is 88.9 Å². The quantitative estimate of drug-likeness (QED) is 0.892. The number of aromatic amines is 1. The Morgan fingerprint density at radius 3 is 3.17 bits per heavy atom. The van der Waals surface area contributed by atoms with Crippen molar-refractivity contribution in [2.45, 2.75) is 38.8 Å². The first-order chi connectivity index (χ1) is 11.2. The van der Waals surface area contributed by atoms with Crippen LogP contribution >= 0.6 is 0 Å². The second-order valence-corrected chi connectivity index (χ2v) is 5.72. The van der Waals surface area contributed by atoms with Crippen LogP contribution in [-0.2, 0) is 16.0 Å². The molecule has 0 radical (unpaired) electrons. The zero-order valence-corrected chi connectivity index (χ0v) is 13.5. The van der Waals surface area contributed by atoms with Gasteiger partial charge in [0.2, 0.25) is 5.91 Å². The molecule has 1 fully saturated rings. The average molecular weight is 318 g/mol. The van der Waals surface area contributed by atoms with E-state index < -0.39 is 0 Å². The highest BCUT2D eigenvalue weighted by molar-refractivity contribution is 5.80. The summed E-state index contributed by atoms with van der Waals surface area (Å²) in [7, 11) is 0. The molecule has 0 bridgehead atoms. The van der Waals surface area contributed by atoms with Crippen molar-refractivity contribution < 1.29 is 9.53 Å². The fourth-order valence-electron chi connectivity index (χ4n) is 2.70. The molecule has 0 spiro atoms. The van der Waals surface area contributed by atoms with Gasteiger partial charge in [-0.15, -0.1) is 0 Å². The van der Waals surface area contributed by atoms with E-state index in [1.807, 2.05) is 11.8 Å². The molecule has 3 rings (SSSR count). The maximum atomic E-state index is 12.7. The monoisotopic (exact) mass is 318 g/mol. The van der Waals surface area contributed by atoms with Crippen LogP contribution < -0.4 is 0 Å². The van der Waals surface area contributed by atoms with Crippen molar-refractivity contribution in [3.8, 4) is 0 Å². The molecule has 1 aliphatic rings. The van der Waals surface area contributed by atoms with Crippen molar-refractivity contribution in [2.24, 2.45) is 0 Å². The molecular formula is C15H22N6O2. The third kappa shape index (κ3) is 3.42. The molecule has 1 aliphatic heterocycles. The molecule has 23 heavy (non-hydrogen) atoms. The molecule has 124 valence electrons. The number of rotatable bonds is 5. The summed E-state index contributed by atoms with van der Waals surface area (Å²) in [6.07, 6.45) is 6.73. The Morgan fingerprint density at radius 2 is 2.43 bits per heavy atom. The van der Waals surface area contributed by atoms with E-state index in [2.05, 4.69) is 27.1 Å². The first kappa shape index (κ1) is 15.7. The third-order valence-electron chi connectivity index (χ3n) is 4.03. The molecule has 0 unspecified atom stereocenters. The molecule has 3 heterocycles. The van der Waals surface area contributed by atoms with Gasteiger partial charge in [0.1, 0.15) is 18.0 Å². The lowest BCUT2D eigenvalue weighted by Crippen LogP contribution is -2.45. The van der Waals surface area contributed by atoms with Crippen molar-refractivity contribution in [1.29, 1.82) is 0 Å². The summed E-state index contributed by atoms with van der Waals surface area (Å²) in [4.78, 5) is 22.9. The van der Waals surface area contributed by atoms with Gasteiger partial charge in [-0.2, -0.15) is 5.10 Å². The summed E-state index contributed by atoms with van der Waals surface area (Å²) in [5.74, 6) is 1.54. The van der Waals surface area contributed by atoms with Gasteiger partial charge in [0.05, 0.1) is 19.5 Å². The average Bonchev–Trinajstić information content (AvgIpc) is 3.26. The molecule has 2 aromatic rings. The molecule has 2 aromatic heterocycles. The molecule has 1 saturated heterocycles. The summed E-state index contributed by atoms with van der Waals surface area (Å²) < 4.78 is 7.55. The number of hydrogen-bond donors (Lipinski definition) is 1. The van der Waals surface area contributed by atoms with Gasteiger partial charge >= 0.3 is 0 Å². The summed E-state index contributed by atoms with van der Waals surface area (Å²) in [6.45, 7) is 5.52. The summed E-state index contributed by atoms with van der Waals surface area (Å²) in [5, 5.41) is 7.17. The summed E-state index contributed by atoms with van der Waals surface area (Å²) >= 11 is 0. The van der Waals surface area contributed by atoms with Crippen molar-refractivity contribution >= 4 is 5.91 Å². The van der Waals surface area contributed by atoms with Crippen LogP contribution in [0.5, 0.6) is 0 Å². The SMILES string of the molecule is CCCc1nc([C@@H]2CN(C(=O)[C@@H](C)n3ccnc3)CCO2)n[nH]1. The normalized spacial score (nSPS) is 19.7. The lowest BCUT2D eigenvalue weighted by molar-refractivity contribution is -0.142. The Balaban J connectivity index is 1.66. The highest BCUT2D eigenvalue weighted by Gasteiger charge is 2.30. The van der Waals surface area contributed by atoms with Crippen molar-refractivity contribution in [3.63, 3.8) is 0 Å². The number of carbonyl (C=O) groups is 1. The predicted molar refractivity (Wildman–Crippen MR) is 82.6 cm³/mol. The highest BCUT2D eigenvalue weighted by atomic mass is 16.5. The second-order valence-electron chi connectivity index (χ2n) is 5.72. The molecule has 1 amide bonds. The van der Waals surface area contributed by atoms with Gasteiger partial charge < -0.3 is 14.2 Å². The van der Waals surface area contributed by atoms with Crippen LogP contribution in [0, 0.1) is 0 Å². The first-order valence-corrected chi connectivity index (χ1v) is 7.98. The lowest BCUT2D eigenvalue weighted by atomic mass is 10.2. The Hall–Kier alpha value is -2.22. The fourth-order valence-corrected chi connectivity index (χ4v) is 2.70. The highest BCUT2D eigenvalue weighted by Crippen LogP contribution is 2.21. The van der Waals surface area contributed by atoms with Crippen molar-refractivity contribution in [3.05, 3.63) is 30.4 Å². The number of amides is 1. The fraction of sp³-hybridized carbons (Fsp3) is 0.600. The Bertz CT molecular complexity index is 638. The van der Waals surface area contributed by atoms with Crippen LogP contribution in [0.25, 0.3) is 0 Å². The number of aryl methyl sites for hydroxylation is 1. The van der Waals surface area contributed by atoms with E-state index in [0.717, 1.165) is 18.7 Å². The molecule has 2 atom stereocenters. The predicted octanol–water partition coefficient (Wildman–Crippen LogP) is 1.11. The zero-order chi connectivity index (χ0) is 16.2. The van der Waals surface area contributed by atoms with Crippen LogP contribution in [-0.4, -0.2) is 55.2 Å². The van der Waals surface area contributed by atoms with Crippen LogP contribution in [0.15, 0.2) is 18.7 Å². The molecule has 0 aliphatic carbocycles. The van der Waals surface area contributed by atoms with Crippen molar-refractivity contribution in [2.75, 3.05) is 19.7 Å². The van der Waals surface area contributed by atoms with Gasteiger partial charge in [0, 0.05) is 25.4 Å². The number of H-pyrrole nitrogens is 1. The molecule has 8 nitrogen and oxygen atoms in total. The maximum absolute atomic E-state index is 12.7. The van der Waals surface area contributed by atoms with Gasteiger partial charge in [-0.3, -0.25) is 9.89 Å². The van der Waals surface area contributed by atoms with E-state index in [4.69, 9.17) is 4.74 Å². The number of aromatic nitrogens is 5. The maximum Gasteiger partial charge on any atom is 0.245 e. The largest absolute Gasteiger partial charge is 0.366 e. The minimum Gasteiger partial charge on any atom is -0.366 e. The van der Waals surface area contributed by atoms with E-state index in [1.54, 1.807) is 23.3 Å². The lowest BCUT2D eigenvalue weighted by Gasteiger charge is -2.33. The van der Waals surface area contributed by atoms with E-state index in [-0.39, 0.29) is 18.1 Å². The van der Waals surface area contributed by atoms with E-state index in [0.29, 0.717) is 25.5 Å². The van der Waals surface area contributed by atoms with Crippen molar-refractivity contribution in [1.82, 2.24) is 29.6 Å². The van der Waals surface area contributed by atoms with E-state index >= 15 is 0 Å². The number of ether oxygens (including phenoxy) is 1. The Labute approximate surface area is 134 Å². The van der Waals surface area contributed by atoms with Gasteiger partial charge in [-0.1, -0.05) is 6.92 Å². The minimum atomic E-state index is -0.279. The smallest absolute Gasteiger partial charge is 0.245 e. The third-order valence-corrected chi connectivity index (χ3v) is 4.03. The van der Waals surface area contributed by atoms with E-state index in [1.165, 1.54) is 0 Å². The molecule has 0 aromatic carbocycles. The number of carbonyl (C=O) groups excluding carboxylic acids is 1. The van der Waals surface area contributed by atoms with Crippen LogP contribution in [0.2, 0.25) is 0 Å². The molecule has 1 N–H and O–H groups in total. The Kier molecular flexibility index (Phi) is 4.71. The number of imidazole rings is 1. The molecule has 0 saturated carbocycles. The standard InChI is InChI=1S/C15H22N6O2/c1-3-4-13-17-14(19-18-13)12-9-20(7-8-23-12)15(22)11(2)21-6-5-16-10-21/h5-6,10-12H,3-4,7-9H2,1-2H3,(H,17,18,19)/t11-,12+/m1/s1. The minimum absolute atomic E-state index is 0.0561. The summed E-state index contributed by atoms with van der Waals surface area (Å²) in [6, 6.07) is -0.279. The van der Waals surface area contributed by atoms with Crippen LogP contribution in [0.1, 0.15) is 44.1 Å². The number of hydrogen-bond acceptors (Lipinski definition) is 5. The number of nitrogens with zero attached hydrogens (tertiary/aromatic N) is 5.